The molecule has 1 rings (SSSR count). The molecule has 1 aromatic carbocycles. The van der Waals surface area contributed by atoms with Gasteiger partial charge in [-0.1, -0.05) is 0 Å². The van der Waals surface area contributed by atoms with E-state index < -0.39 is 28.4 Å². The van der Waals surface area contributed by atoms with Crippen LogP contribution in [0.15, 0.2) is 24.3 Å². The van der Waals surface area contributed by atoms with E-state index in [0.717, 1.165) is 12.1 Å². The van der Waals surface area contributed by atoms with Crippen LogP contribution in [0.3, 0.4) is 0 Å². The van der Waals surface area contributed by atoms with Gasteiger partial charge in [0, 0.05) is 11.3 Å². The van der Waals surface area contributed by atoms with Gasteiger partial charge < -0.3 is 0 Å². The van der Waals surface area contributed by atoms with Crippen molar-refractivity contribution >= 4 is 21.5 Å². The summed E-state index contributed by atoms with van der Waals surface area (Å²) in [7, 11) is -3.45. The van der Waals surface area contributed by atoms with E-state index in [0.29, 0.717) is 0 Å². The molecule has 0 aliphatic rings. The normalized spacial score (nSPS) is 12.2. The zero-order chi connectivity index (χ0) is 14.7. The first-order valence-corrected chi connectivity index (χ1v) is 6.99. The van der Waals surface area contributed by atoms with E-state index in [1.165, 1.54) is 19.1 Å². The van der Waals surface area contributed by atoms with Gasteiger partial charge in [-0.15, -0.1) is 0 Å². The van der Waals surface area contributed by atoms with Gasteiger partial charge >= 0.3 is 6.18 Å². The van der Waals surface area contributed by atoms with Crippen molar-refractivity contribution in [2.24, 2.45) is 0 Å². The number of Topliss-reactive ketones (excluding diaryl/α,β-unsaturated/α-hetero) is 1. The van der Waals surface area contributed by atoms with Gasteiger partial charge in [0.15, 0.2) is 5.78 Å². The van der Waals surface area contributed by atoms with E-state index in [1.807, 2.05) is 0 Å². The maximum Gasteiger partial charge on any atom is 0.396 e. The molecule has 0 radical (unpaired) electrons. The zero-order valence-corrected chi connectivity index (χ0v) is 10.8. The van der Waals surface area contributed by atoms with Gasteiger partial charge in [0.2, 0.25) is 10.0 Å². The van der Waals surface area contributed by atoms with Gasteiger partial charge in [0.1, 0.15) is 6.42 Å². The SMILES string of the molecule is CCS(=O)(=O)Nc1ccc(C(=O)CC(F)(F)F)cc1. The highest BCUT2D eigenvalue weighted by Crippen LogP contribution is 2.22. The molecule has 0 saturated heterocycles. The minimum absolute atomic E-state index is 0.114. The summed E-state index contributed by atoms with van der Waals surface area (Å²) in [6.45, 7) is 1.45. The second-order valence-corrected chi connectivity index (χ2v) is 5.81. The lowest BCUT2D eigenvalue weighted by molar-refractivity contribution is -0.125. The maximum absolute atomic E-state index is 12.0. The Labute approximate surface area is 108 Å². The number of hydrogen-bond acceptors (Lipinski definition) is 3. The minimum atomic E-state index is -4.56. The number of carbonyl (C=O) groups excluding carboxylic acids is 1. The summed E-state index contributed by atoms with van der Waals surface area (Å²) in [6.07, 6.45) is -6.09. The lowest BCUT2D eigenvalue weighted by Crippen LogP contribution is -2.16. The van der Waals surface area contributed by atoms with Crippen molar-refractivity contribution in [1.29, 1.82) is 0 Å². The Morgan fingerprint density at radius 2 is 1.74 bits per heavy atom. The van der Waals surface area contributed by atoms with Crippen LogP contribution in [0, 0.1) is 0 Å². The van der Waals surface area contributed by atoms with Crippen LogP contribution in [0.4, 0.5) is 18.9 Å². The average Bonchev–Trinajstić information content (AvgIpc) is 2.27. The predicted octanol–water partition coefficient (Wildman–Crippen LogP) is 2.58. The van der Waals surface area contributed by atoms with Crippen LogP contribution < -0.4 is 4.72 Å². The molecule has 4 nitrogen and oxygen atoms in total. The van der Waals surface area contributed by atoms with Gasteiger partial charge in [-0.2, -0.15) is 13.2 Å². The number of sulfonamides is 1. The van der Waals surface area contributed by atoms with Crippen molar-refractivity contribution in [2.75, 3.05) is 10.5 Å². The molecule has 0 aromatic heterocycles. The summed E-state index contributed by atoms with van der Waals surface area (Å²) in [5, 5.41) is 0. The summed E-state index contributed by atoms with van der Waals surface area (Å²) < 4.78 is 60.8. The van der Waals surface area contributed by atoms with Gasteiger partial charge in [-0.05, 0) is 31.2 Å². The van der Waals surface area contributed by atoms with E-state index >= 15 is 0 Å². The van der Waals surface area contributed by atoms with Crippen LogP contribution in [0.5, 0.6) is 0 Å². The first-order chi connectivity index (χ1) is 8.63. The van der Waals surface area contributed by atoms with E-state index in [-0.39, 0.29) is 17.0 Å². The van der Waals surface area contributed by atoms with Gasteiger partial charge in [-0.25, -0.2) is 8.42 Å². The second-order valence-electron chi connectivity index (χ2n) is 3.80. The van der Waals surface area contributed by atoms with Crippen molar-refractivity contribution in [2.45, 2.75) is 19.5 Å². The fourth-order valence-corrected chi connectivity index (χ4v) is 1.90. The van der Waals surface area contributed by atoms with Crippen molar-refractivity contribution in [1.82, 2.24) is 0 Å². The molecule has 19 heavy (non-hydrogen) atoms. The van der Waals surface area contributed by atoms with Crippen molar-refractivity contribution in [3.8, 4) is 0 Å². The largest absolute Gasteiger partial charge is 0.396 e. The molecule has 1 aromatic rings. The van der Waals surface area contributed by atoms with E-state index in [9.17, 15) is 26.4 Å². The standard InChI is InChI=1S/C11H12F3NO3S/c1-2-19(17,18)15-9-5-3-8(4-6-9)10(16)7-11(12,13)14/h3-6,15H,2,7H2,1H3. The van der Waals surface area contributed by atoms with Crippen LogP contribution in [0.1, 0.15) is 23.7 Å². The Kier molecular flexibility index (Phi) is 4.56. The molecule has 0 atom stereocenters. The Hall–Kier alpha value is -1.57. The van der Waals surface area contributed by atoms with Crippen molar-refractivity contribution in [3.05, 3.63) is 29.8 Å². The smallest absolute Gasteiger partial charge is 0.294 e. The van der Waals surface area contributed by atoms with Crippen LogP contribution in [0.2, 0.25) is 0 Å². The molecule has 8 heteroatoms. The highest BCUT2D eigenvalue weighted by atomic mass is 32.2. The lowest BCUT2D eigenvalue weighted by Gasteiger charge is -2.08. The fraction of sp³-hybridized carbons (Fsp3) is 0.364. The Morgan fingerprint density at radius 1 is 1.21 bits per heavy atom. The van der Waals surface area contributed by atoms with Crippen LogP contribution >= 0.6 is 0 Å². The Morgan fingerprint density at radius 3 is 2.16 bits per heavy atom. The van der Waals surface area contributed by atoms with Crippen molar-refractivity contribution in [3.63, 3.8) is 0 Å². The summed E-state index contributed by atoms with van der Waals surface area (Å²) in [6, 6.07) is 4.80. The van der Waals surface area contributed by atoms with E-state index in [1.54, 1.807) is 0 Å². The molecule has 0 spiro atoms. The number of nitrogens with one attached hydrogen (secondary N) is 1. The summed E-state index contributed by atoms with van der Waals surface area (Å²) in [4.78, 5) is 11.3. The highest BCUT2D eigenvalue weighted by Gasteiger charge is 2.31. The fourth-order valence-electron chi connectivity index (χ4n) is 1.26. The van der Waals surface area contributed by atoms with Crippen LogP contribution in [-0.4, -0.2) is 26.1 Å². The molecule has 0 heterocycles. The third-order valence-corrected chi connectivity index (χ3v) is 3.53. The molecule has 1 N–H and O–H groups in total. The molecule has 0 aliphatic carbocycles. The van der Waals surface area contributed by atoms with Gasteiger partial charge in [0.05, 0.1) is 5.75 Å². The highest BCUT2D eigenvalue weighted by molar-refractivity contribution is 7.92. The van der Waals surface area contributed by atoms with Gasteiger partial charge in [-0.3, -0.25) is 9.52 Å². The number of carbonyl (C=O) groups is 1. The first-order valence-electron chi connectivity index (χ1n) is 5.33. The lowest BCUT2D eigenvalue weighted by atomic mass is 10.1. The van der Waals surface area contributed by atoms with E-state index in [2.05, 4.69) is 4.72 Å². The first kappa shape index (κ1) is 15.5. The number of rotatable bonds is 5. The second kappa shape index (κ2) is 5.60. The molecular formula is C11H12F3NO3S. The molecule has 0 aliphatic heterocycles. The summed E-state index contributed by atoms with van der Waals surface area (Å²) in [5.74, 6) is -1.18. The number of anilines is 1. The third kappa shape index (κ3) is 5.29. The molecule has 106 valence electrons. The number of hydrogen-bond donors (Lipinski definition) is 1. The number of ketones is 1. The number of halogens is 3. The monoisotopic (exact) mass is 295 g/mol. The molecule has 0 amide bonds. The molecular weight excluding hydrogens is 283 g/mol. The van der Waals surface area contributed by atoms with Crippen LogP contribution in [-0.2, 0) is 10.0 Å². The van der Waals surface area contributed by atoms with Crippen molar-refractivity contribution < 1.29 is 26.4 Å². The topological polar surface area (TPSA) is 63.2 Å². The molecule has 0 saturated carbocycles. The van der Waals surface area contributed by atoms with Gasteiger partial charge in [0.25, 0.3) is 0 Å². The number of benzene rings is 1. The Bertz CT molecular complexity index is 550. The Balaban J connectivity index is 2.80. The summed E-state index contributed by atoms with van der Waals surface area (Å²) in [5.41, 5.74) is 0.0854. The molecule has 0 unspecified atom stereocenters. The molecule has 0 fully saturated rings. The summed E-state index contributed by atoms with van der Waals surface area (Å²) >= 11 is 0. The minimum Gasteiger partial charge on any atom is -0.294 e. The number of alkyl halides is 3. The van der Waals surface area contributed by atoms with Crippen LogP contribution in [0.25, 0.3) is 0 Å². The molecule has 0 bridgehead atoms. The zero-order valence-electron chi connectivity index (χ0n) is 9.99. The van der Waals surface area contributed by atoms with E-state index in [4.69, 9.17) is 0 Å². The average molecular weight is 295 g/mol. The maximum atomic E-state index is 12.0. The predicted molar refractivity (Wildman–Crippen MR) is 64.5 cm³/mol. The third-order valence-electron chi connectivity index (χ3n) is 2.22. The quantitative estimate of drug-likeness (QED) is 0.849.